The molecular weight excluding hydrogens is 342 g/mol. The molecule has 5 heteroatoms. The van der Waals surface area contributed by atoms with E-state index in [-0.39, 0.29) is 11.9 Å². The number of carbonyl (C=O) groups excluding carboxylic acids is 1. The van der Waals surface area contributed by atoms with Crippen LogP contribution in [-0.2, 0) is 19.4 Å². The van der Waals surface area contributed by atoms with E-state index in [1.807, 2.05) is 29.2 Å². The number of benzene rings is 2. The second-order valence-corrected chi connectivity index (χ2v) is 7.38. The number of carbonyl (C=O) groups is 1. The van der Waals surface area contributed by atoms with E-state index in [2.05, 4.69) is 6.07 Å². The summed E-state index contributed by atoms with van der Waals surface area (Å²) in [5.41, 5.74) is 4.15. The van der Waals surface area contributed by atoms with Gasteiger partial charge in [-0.1, -0.05) is 12.1 Å². The number of hydrogen-bond acceptors (Lipinski definition) is 4. The number of rotatable bonds is 5. The first-order chi connectivity index (χ1) is 13.3. The Morgan fingerprint density at radius 1 is 1.19 bits per heavy atom. The van der Waals surface area contributed by atoms with Gasteiger partial charge in [-0.3, -0.25) is 4.79 Å². The Morgan fingerprint density at radius 2 is 2.00 bits per heavy atom. The van der Waals surface area contributed by atoms with Gasteiger partial charge < -0.3 is 19.1 Å². The zero-order chi connectivity index (χ0) is 18.4. The Labute approximate surface area is 158 Å². The Kier molecular flexibility index (Phi) is 3.96. The fourth-order valence-corrected chi connectivity index (χ4v) is 4.15. The summed E-state index contributed by atoms with van der Waals surface area (Å²) in [6, 6.07) is 9.87. The maximum Gasteiger partial charge on any atom is 0.258 e. The number of amides is 1. The molecule has 5 rings (SSSR count). The molecule has 2 aliphatic heterocycles. The zero-order valence-corrected chi connectivity index (χ0v) is 15.5. The van der Waals surface area contributed by atoms with Crippen LogP contribution in [0.1, 0.15) is 39.9 Å². The molecule has 2 heterocycles. The number of hydrogen-bond donors (Lipinski definition) is 0. The number of nitrogens with zero attached hydrogens (tertiary/aromatic N) is 1. The summed E-state index contributed by atoms with van der Waals surface area (Å²) in [7, 11) is 1.61. The molecule has 0 unspecified atom stereocenters. The molecule has 1 fully saturated rings. The summed E-state index contributed by atoms with van der Waals surface area (Å²) >= 11 is 0. The highest BCUT2D eigenvalue weighted by Crippen LogP contribution is 2.42. The molecule has 5 nitrogen and oxygen atoms in total. The first-order valence-electron chi connectivity index (χ1n) is 9.63. The molecule has 3 aliphatic rings. The number of methoxy groups -OCH3 is 1. The lowest BCUT2D eigenvalue weighted by atomic mass is 9.98. The molecule has 140 valence electrons. The van der Waals surface area contributed by atoms with Crippen molar-refractivity contribution in [1.29, 1.82) is 0 Å². The summed E-state index contributed by atoms with van der Waals surface area (Å²) in [6.45, 7) is 1.97. The van der Waals surface area contributed by atoms with Crippen LogP contribution in [0.3, 0.4) is 0 Å². The molecule has 0 aromatic heterocycles. The van der Waals surface area contributed by atoms with Crippen LogP contribution in [0.25, 0.3) is 0 Å². The van der Waals surface area contributed by atoms with Crippen molar-refractivity contribution in [2.24, 2.45) is 0 Å². The van der Waals surface area contributed by atoms with Crippen molar-refractivity contribution in [3.8, 4) is 17.2 Å². The zero-order valence-electron chi connectivity index (χ0n) is 15.5. The average Bonchev–Trinajstić information content (AvgIpc) is 3.23. The maximum atomic E-state index is 13.4. The lowest BCUT2D eigenvalue weighted by Crippen LogP contribution is -2.33. The standard InChI is InChI=1S/C22H23NO4/c1-25-19-5-3-2-4-17(19)22(24)23(15-6-7-15)13-18-16-9-11-26-20(16)12-14-8-10-27-21(14)18/h2-5,12,15H,6-11,13H2,1H3. The Bertz CT molecular complexity index is 871. The van der Waals surface area contributed by atoms with Gasteiger partial charge >= 0.3 is 0 Å². The molecule has 0 radical (unpaired) electrons. The van der Waals surface area contributed by atoms with Gasteiger partial charge in [0.25, 0.3) is 5.91 Å². The average molecular weight is 365 g/mol. The minimum absolute atomic E-state index is 0.0261. The highest BCUT2D eigenvalue weighted by Gasteiger charge is 2.36. The van der Waals surface area contributed by atoms with Crippen molar-refractivity contribution in [3.05, 3.63) is 52.6 Å². The monoisotopic (exact) mass is 365 g/mol. The molecular formula is C22H23NO4. The smallest absolute Gasteiger partial charge is 0.258 e. The van der Waals surface area contributed by atoms with E-state index in [9.17, 15) is 4.79 Å². The second kappa shape index (κ2) is 6.48. The molecule has 1 saturated carbocycles. The van der Waals surface area contributed by atoms with Gasteiger partial charge in [0, 0.05) is 35.6 Å². The topological polar surface area (TPSA) is 48.0 Å². The van der Waals surface area contributed by atoms with Crippen LogP contribution in [0.15, 0.2) is 30.3 Å². The van der Waals surface area contributed by atoms with Crippen LogP contribution in [-0.4, -0.2) is 37.2 Å². The molecule has 0 atom stereocenters. The van der Waals surface area contributed by atoms with E-state index in [0.29, 0.717) is 31.1 Å². The molecule has 0 spiro atoms. The van der Waals surface area contributed by atoms with Crippen LogP contribution in [0.2, 0.25) is 0 Å². The summed E-state index contributed by atoms with van der Waals surface area (Å²) < 4.78 is 17.2. The fraction of sp³-hybridized carbons (Fsp3) is 0.409. The molecule has 0 N–H and O–H groups in total. The van der Waals surface area contributed by atoms with Crippen molar-refractivity contribution in [2.75, 3.05) is 20.3 Å². The van der Waals surface area contributed by atoms with Crippen LogP contribution in [0, 0.1) is 0 Å². The largest absolute Gasteiger partial charge is 0.496 e. The highest BCUT2D eigenvalue weighted by molar-refractivity contribution is 5.97. The van der Waals surface area contributed by atoms with Crippen LogP contribution < -0.4 is 14.2 Å². The molecule has 2 aromatic carbocycles. The fourth-order valence-electron chi connectivity index (χ4n) is 4.15. The van der Waals surface area contributed by atoms with E-state index in [4.69, 9.17) is 14.2 Å². The quantitative estimate of drug-likeness (QED) is 0.815. The molecule has 0 saturated heterocycles. The SMILES string of the molecule is COc1ccccc1C(=O)N(Cc1c2c(cc3c1OCC3)OCC2)C1CC1. The molecule has 2 aromatic rings. The van der Waals surface area contributed by atoms with Gasteiger partial charge in [-0.2, -0.15) is 0 Å². The lowest BCUT2D eigenvalue weighted by molar-refractivity contribution is 0.0725. The maximum absolute atomic E-state index is 13.4. The van der Waals surface area contributed by atoms with E-state index in [0.717, 1.165) is 42.7 Å². The Hall–Kier alpha value is -2.69. The number of fused-ring (bicyclic) bond motifs is 2. The molecule has 27 heavy (non-hydrogen) atoms. The summed E-state index contributed by atoms with van der Waals surface area (Å²) in [6.07, 6.45) is 3.89. The highest BCUT2D eigenvalue weighted by atomic mass is 16.5. The minimum Gasteiger partial charge on any atom is -0.496 e. The van der Waals surface area contributed by atoms with Gasteiger partial charge in [-0.25, -0.2) is 0 Å². The van der Waals surface area contributed by atoms with E-state index in [1.54, 1.807) is 7.11 Å². The first kappa shape index (κ1) is 16.5. The Balaban J connectivity index is 1.53. The molecule has 0 bridgehead atoms. The van der Waals surface area contributed by atoms with Crippen molar-refractivity contribution in [2.45, 2.75) is 38.3 Å². The van der Waals surface area contributed by atoms with Crippen LogP contribution >= 0.6 is 0 Å². The van der Waals surface area contributed by atoms with Gasteiger partial charge in [0.15, 0.2) is 0 Å². The number of para-hydroxylation sites is 1. The molecule has 1 aliphatic carbocycles. The summed E-state index contributed by atoms with van der Waals surface area (Å²) in [5.74, 6) is 2.59. The van der Waals surface area contributed by atoms with E-state index < -0.39 is 0 Å². The van der Waals surface area contributed by atoms with Crippen molar-refractivity contribution >= 4 is 5.91 Å². The predicted octanol–water partition coefficient (Wildman–Crippen LogP) is 3.37. The number of ether oxygens (including phenoxy) is 3. The summed E-state index contributed by atoms with van der Waals surface area (Å²) in [4.78, 5) is 15.4. The van der Waals surface area contributed by atoms with E-state index in [1.165, 1.54) is 11.1 Å². The Morgan fingerprint density at radius 3 is 2.81 bits per heavy atom. The summed E-state index contributed by atoms with van der Waals surface area (Å²) in [5, 5.41) is 0. The first-order valence-corrected chi connectivity index (χ1v) is 9.63. The predicted molar refractivity (Wildman–Crippen MR) is 101 cm³/mol. The third kappa shape index (κ3) is 2.82. The van der Waals surface area contributed by atoms with Gasteiger partial charge in [0.05, 0.1) is 32.4 Å². The third-order valence-corrected chi connectivity index (χ3v) is 5.67. The van der Waals surface area contributed by atoms with Gasteiger partial charge in [-0.05, 0) is 31.0 Å². The van der Waals surface area contributed by atoms with Crippen molar-refractivity contribution in [3.63, 3.8) is 0 Å². The normalized spacial score (nSPS) is 16.9. The van der Waals surface area contributed by atoms with Gasteiger partial charge in [0.1, 0.15) is 17.2 Å². The molecule has 1 amide bonds. The van der Waals surface area contributed by atoms with Gasteiger partial charge in [0.2, 0.25) is 0 Å². The van der Waals surface area contributed by atoms with E-state index >= 15 is 0 Å². The third-order valence-electron chi connectivity index (χ3n) is 5.67. The van der Waals surface area contributed by atoms with Crippen molar-refractivity contribution < 1.29 is 19.0 Å². The lowest BCUT2D eigenvalue weighted by Gasteiger charge is -2.25. The van der Waals surface area contributed by atoms with Crippen LogP contribution in [0.5, 0.6) is 17.2 Å². The van der Waals surface area contributed by atoms with Gasteiger partial charge in [-0.15, -0.1) is 0 Å². The van der Waals surface area contributed by atoms with Crippen molar-refractivity contribution in [1.82, 2.24) is 4.90 Å². The second-order valence-electron chi connectivity index (χ2n) is 7.38. The van der Waals surface area contributed by atoms with Crippen LogP contribution in [0.4, 0.5) is 0 Å². The minimum atomic E-state index is 0.0261.